The molecule has 10 N–H and O–H groups in total. The van der Waals surface area contributed by atoms with Crippen molar-refractivity contribution in [3.05, 3.63) is 65.7 Å². The standard InChI is InChI=1S/C26H32N6O9/c27-26(41)32-20(14-33)23(37)29-12-21(35)28-13-22(36)30-18(10-15-4-2-1-3-5-15)24(38)31-19(25(39)40)11-16-6-8-17(34)9-7-16/h1-9,18-20,33-34H,10-14H2,(H,28,35)(H,29,37)(H,30,36)(H,31,38)(H,39,40)(H3,27,32,41). The Morgan fingerprint density at radius 2 is 1.27 bits per heavy atom. The highest BCUT2D eigenvalue weighted by molar-refractivity contribution is 5.93. The third kappa shape index (κ3) is 11.6. The van der Waals surface area contributed by atoms with E-state index in [1.165, 1.54) is 24.3 Å². The van der Waals surface area contributed by atoms with Gasteiger partial charge in [0.15, 0.2) is 0 Å². The molecule has 2 aromatic carbocycles. The van der Waals surface area contributed by atoms with Crippen molar-refractivity contribution in [3.8, 4) is 5.75 Å². The summed E-state index contributed by atoms with van der Waals surface area (Å²) in [5, 5.41) is 39.5. The van der Waals surface area contributed by atoms with Gasteiger partial charge in [0.05, 0.1) is 19.7 Å². The lowest BCUT2D eigenvalue weighted by atomic mass is 10.0. The number of carboxylic acid groups (broad SMARTS) is 1. The van der Waals surface area contributed by atoms with Crippen LogP contribution in [0.1, 0.15) is 11.1 Å². The summed E-state index contributed by atoms with van der Waals surface area (Å²) in [5.74, 6) is -4.52. The number of primary amides is 1. The molecule has 0 saturated heterocycles. The first-order valence-corrected chi connectivity index (χ1v) is 12.3. The maximum Gasteiger partial charge on any atom is 0.326 e. The molecule has 15 heteroatoms. The van der Waals surface area contributed by atoms with Gasteiger partial charge in [-0.3, -0.25) is 19.2 Å². The Kier molecular flexibility index (Phi) is 12.5. The fraction of sp³-hybridized carbons (Fsp3) is 0.308. The minimum absolute atomic E-state index is 0.000726. The topological polar surface area (TPSA) is 249 Å². The minimum Gasteiger partial charge on any atom is -0.508 e. The Bertz CT molecular complexity index is 1220. The fourth-order valence-electron chi connectivity index (χ4n) is 3.54. The van der Waals surface area contributed by atoms with Gasteiger partial charge < -0.3 is 47.6 Å². The van der Waals surface area contributed by atoms with E-state index >= 15 is 0 Å². The number of nitrogens with one attached hydrogen (secondary N) is 5. The number of aliphatic hydroxyl groups excluding tert-OH is 1. The van der Waals surface area contributed by atoms with Crippen LogP contribution in [0.2, 0.25) is 0 Å². The molecule has 41 heavy (non-hydrogen) atoms. The summed E-state index contributed by atoms with van der Waals surface area (Å²) in [4.78, 5) is 72.4. The number of phenolic OH excluding ortho intramolecular Hbond substituents is 1. The van der Waals surface area contributed by atoms with Crippen LogP contribution < -0.4 is 32.3 Å². The highest BCUT2D eigenvalue weighted by atomic mass is 16.4. The SMILES string of the molecule is NC(=O)NC(CO)C(=O)NCC(=O)NCC(=O)NC(Cc1ccccc1)C(=O)NC(Cc1ccc(O)cc1)C(=O)O. The van der Waals surface area contributed by atoms with Crippen molar-refractivity contribution in [1.29, 1.82) is 0 Å². The monoisotopic (exact) mass is 572 g/mol. The zero-order valence-corrected chi connectivity index (χ0v) is 21.8. The van der Waals surface area contributed by atoms with E-state index in [2.05, 4.69) is 21.3 Å². The number of aliphatic hydroxyl groups is 1. The molecule has 2 rings (SSSR count). The predicted molar refractivity (Wildman–Crippen MR) is 143 cm³/mol. The second kappa shape index (κ2) is 16.0. The Morgan fingerprint density at radius 3 is 1.85 bits per heavy atom. The molecule has 2 aromatic rings. The van der Waals surface area contributed by atoms with Crippen LogP contribution in [0.5, 0.6) is 5.75 Å². The molecule has 15 nitrogen and oxygen atoms in total. The van der Waals surface area contributed by atoms with Crippen LogP contribution in [-0.2, 0) is 36.8 Å². The van der Waals surface area contributed by atoms with Crippen LogP contribution in [-0.4, -0.2) is 88.8 Å². The maximum atomic E-state index is 13.1. The van der Waals surface area contributed by atoms with Crippen molar-refractivity contribution >= 4 is 35.6 Å². The first-order valence-electron chi connectivity index (χ1n) is 12.3. The van der Waals surface area contributed by atoms with Gasteiger partial charge in [0.25, 0.3) is 0 Å². The summed E-state index contributed by atoms with van der Waals surface area (Å²) in [7, 11) is 0. The number of hydrogen-bond donors (Lipinski definition) is 9. The lowest BCUT2D eigenvalue weighted by Gasteiger charge is -2.22. The van der Waals surface area contributed by atoms with Gasteiger partial charge in [0.2, 0.25) is 23.6 Å². The summed E-state index contributed by atoms with van der Waals surface area (Å²) in [6.45, 7) is -1.93. The fourth-order valence-corrected chi connectivity index (χ4v) is 3.54. The Hall–Kier alpha value is -5.18. The number of carboxylic acids is 1. The summed E-state index contributed by atoms with van der Waals surface area (Å²) in [6.07, 6.45) is -0.0649. The zero-order valence-electron chi connectivity index (χ0n) is 21.8. The molecule has 0 heterocycles. The first-order chi connectivity index (χ1) is 19.5. The number of benzene rings is 2. The summed E-state index contributed by atoms with van der Waals surface area (Å²) in [5.41, 5.74) is 6.12. The highest BCUT2D eigenvalue weighted by Gasteiger charge is 2.27. The van der Waals surface area contributed by atoms with E-state index in [-0.39, 0.29) is 18.6 Å². The molecule has 0 aliphatic heterocycles. The Labute approximate surface area is 234 Å². The van der Waals surface area contributed by atoms with E-state index in [0.29, 0.717) is 11.1 Å². The van der Waals surface area contributed by atoms with Crippen molar-refractivity contribution in [2.75, 3.05) is 19.7 Å². The lowest BCUT2D eigenvalue weighted by Crippen LogP contribution is -2.55. The highest BCUT2D eigenvalue weighted by Crippen LogP contribution is 2.12. The van der Waals surface area contributed by atoms with Crippen molar-refractivity contribution in [3.63, 3.8) is 0 Å². The summed E-state index contributed by atoms with van der Waals surface area (Å²) in [6, 6.07) is 9.50. The van der Waals surface area contributed by atoms with Crippen LogP contribution >= 0.6 is 0 Å². The molecule has 0 fully saturated rings. The summed E-state index contributed by atoms with van der Waals surface area (Å²) >= 11 is 0. The molecule has 3 atom stereocenters. The van der Waals surface area contributed by atoms with Gasteiger partial charge in [0, 0.05) is 12.8 Å². The number of urea groups is 1. The van der Waals surface area contributed by atoms with E-state index in [1.807, 2.05) is 5.32 Å². The van der Waals surface area contributed by atoms with Crippen LogP contribution in [0.4, 0.5) is 4.79 Å². The van der Waals surface area contributed by atoms with Gasteiger partial charge in [-0.2, -0.15) is 0 Å². The van der Waals surface area contributed by atoms with Crippen molar-refractivity contribution in [2.24, 2.45) is 5.73 Å². The predicted octanol–water partition coefficient (Wildman–Crippen LogP) is -2.51. The van der Waals surface area contributed by atoms with E-state index in [4.69, 9.17) is 10.8 Å². The molecule has 220 valence electrons. The second-order valence-corrected chi connectivity index (χ2v) is 8.82. The number of aromatic hydroxyl groups is 1. The average Bonchev–Trinajstić information content (AvgIpc) is 2.94. The number of rotatable bonds is 15. The number of carbonyl (C=O) groups is 6. The molecule has 6 amide bonds. The molecule has 0 bridgehead atoms. The Balaban J connectivity index is 1.99. The number of hydrogen-bond acceptors (Lipinski definition) is 8. The third-order valence-corrected chi connectivity index (χ3v) is 5.61. The number of nitrogens with two attached hydrogens (primary N) is 1. The number of phenols is 1. The maximum absolute atomic E-state index is 13.1. The van der Waals surface area contributed by atoms with E-state index < -0.39 is 73.5 Å². The van der Waals surface area contributed by atoms with Crippen molar-refractivity contribution in [1.82, 2.24) is 26.6 Å². The summed E-state index contributed by atoms with van der Waals surface area (Å²) < 4.78 is 0. The van der Waals surface area contributed by atoms with Gasteiger partial charge in [-0.15, -0.1) is 0 Å². The van der Waals surface area contributed by atoms with E-state index in [9.17, 15) is 39.0 Å². The van der Waals surface area contributed by atoms with Crippen LogP contribution in [0.3, 0.4) is 0 Å². The molecule has 0 aromatic heterocycles. The smallest absolute Gasteiger partial charge is 0.326 e. The van der Waals surface area contributed by atoms with Crippen molar-refractivity contribution < 1.29 is 44.1 Å². The van der Waals surface area contributed by atoms with Gasteiger partial charge in [-0.05, 0) is 23.3 Å². The normalized spacial score (nSPS) is 12.6. The van der Waals surface area contributed by atoms with Crippen LogP contribution in [0.25, 0.3) is 0 Å². The first kappa shape index (κ1) is 32.0. The van der Waals surface area contributed by atoms with Gasteiger partial charge in [-0.25, -0.2) is 9.59 Å². The van der Waals surface area contributed by atoms with Crippen molar-refractivity contribution in [2.45, 2.75) is 31.0 Å². The average molecular weight is 573 g/mol. The molecule has 0 radical (unpaired) electrons. The van der Waals surface area contributed by atoms with E-state index in [1.54, 1.807) is 30.3 Å². The molecule has 0 spiro atoms. The van der Waals surface area contributed by atoms with E-state index in [0.717, 1.165) is 0 Å². The second-order valence-electron chi connectivity index (χ2n) is 8.82. The lowest BCUT2D eigenvalue weighted by molar-refractivity contribution is -0.142. The molecule has 3 unspecified atom stereocenters. The largest absolute Gasteiger partial charge is 0.508 e. The number of carbonyl (C=O) groups excluding carboxylic acids is 5. The molecular formula is C26H32N6O9. The van der Waals surface area contributed by atoms with Gasteiger partial charge in [0.1, 0.15) is 23.9 Å². The van der Waals surface area contributed by atoms with Gasteiger partial charge in [-0.1, -0.05) is 42.5 Å². The van der Waals surface area contributed by atoms with Gasteiger partial charge >= 0.3 is 12.0 Å². The zero-order chi connectivity index (χ0) is 30.4. The molecule has 0 aliphatic carbocycles. The third-order valence-electron chi connectivity index (χ3n) is 5.61. The molecule has 0 aliphatic rings. The van der Waals surface area contributed by atoms with Crippen LogP contribution in [0, 0.1) is 0 Å². The number of amides is 6. The molecule has 0 saturated carbocycles. The van der Waals surface area contributed by atoms with Crippen LogP contribution in [0.15, 0.2) is 54.6 Å². The quantitative estimate of drug-likeness (QED) is 0.109. The molecular weight excluding hydrogens is 540 g/mol. The Morgan fingerprint density at radius 1 is 0.683 bits per heavy atom. The number of aliphatic carboxylic acids is 1. The minimum atomic E-state index is -1.37.